The summed E-state index contributed by atoms with van der Waals surface area (Å²) in [6.45, 7) is 13.4. The van der Waals surface area contributed by atoms with Crippen molar-refractivity contribution in [2.45, 2.75) is 65.7 Å². The fourth-order valence-electron chi connectivity index (χ4n) is 3.05. The number of rotatable bonds is 5. The van der Waals surface area contributed by atoms with E-state index >= 15 is 0 Å². The molecule has 20 heavy (non-hydrogen) atoms. The molecule has 1 aromatic rings. The molecule has 2 unspecified atom stereocenters. The first-order chi connectivity index (χ1) is 9.58. The standard InChI is InChI=1S/C16H30N4/c1-5-20-11-15(9-18-20)10-19-12-16(8-13(2)3)17-7-6-14(19)4/h9,11,13-14,16-17H,5-8,10,12H2,1-4H3. The van der Waals surface area contributed by atoms with Crippen LogP contribution in [0.25, 0.3) is 0 Å². The van der Waals surface area contributed by atoms with Crippen molar-refractivity contribution in [3.05, 3.63) is 18.0 Å². The highest BCUT2D eigenvalue weighted by Crippen LogP contribution is 2.16. The van der Waals surface area contributed by atoms with E-state index in [0.29, 0.717) is 12.1 Å². The summed E-state index contributed by atoms with van der Waals surface area (Å²) in [7, 11) is 0. The van der Waals surface area contributed by atoms with Crippen LogP contribution in [-0.2, 0) is 13.1 Å². The van der Waals surface area contributed by atoms with E-state index in [4.69, 9.17) is 0 Å². The van der Waals surface area contributed by atoms with E-state index < -0.39 is 0 Å². The molecule has 1 N–H and O–H groups in total. The maximum atomic E-state index is 4.39. The summed E-state index contributed by atoms with van der Waals surface area (Å²) in [4.78, 5) is 2.62. The van der Waals surface area contributed by atoms with Crippen molar-refractivity contribution >= 4 is 0 Å². The Labute approximate surface area is 123 Å². The maximum absolute atomic E-state index is 4.39. The quantitative estimate of drug-likeness (QED) is 0.898. The van der Waals surface area contributed by atoms with Crippen LogP contribution in [0.3, 0.4) is 0 Å². The molecular formula is C16H30N4. The molecule has 0 spiro atoms. The molecule has 2 heterocycles. The predicted octanol–water partition coefficient (Wildman–Crippen LogP) is 2.50. The molecule has 0 bridgehead atoms. The fraction of sp³-hybridized carbons (Fsp3) is 0.812. The topological polar surface area (TPSA) is 33.1 Å². The number of aromatic nitrogens is 2. The molecule has 2 rings (SSSR count). The Morgan fingerprint density at radius 3 is 2.90 bits per heavy atom. The molecule has 0 radical (unpaired) electrons. The van der Waals surface area contributed by atoms with Gasteiger partial charge in [0, 0.05) is 43.5 Å². The molecule has 1 aromatic heterocycles. The average Bonchev–Trinajstić information content (AvgIpc) is 2.77. The third kappa shape index (κ3) is 4.32. The van der Waals surface area contributed by atoms with Crippen LogP contribution in [0.2, 0.25) is 0 Å². The van der Waals surface area contributed by atoms with Gasteiger partial charge in [-0.25, -0.2) is 0 Å². The van der Waals surface area contributed by atoms with E-state index in [0.717, 1.165) is 32.1 Å². The molecule has 1 saturated heterocycles. The molecule has 0 aromatic carbocycles. The third-order valence-electron chi connectivity index (χ3n) is 4.23. The second-order valence-corrected chi connectivity index (χ2v) is 6.55. The molecule has 4 heteroatoms. The summed E-state index contributed by atoms with van der Waals surface area (Å²) in [5.74, 6) is 0.755. The highest BCUT2D eigenvalue weighted by Gasteiger charge is 2.23. The first-order valence-electron chi connectivity index (χ1n) is 8.07. The third-order valence-corrected chi connectivity index (χ3v) is 4.23. The van der Waals surface area contributed by atoms with Gasteiger partial charge in [0.1, 0.15) is 0 Å². The molecule has 1 aliphatic rings. The lowest BCUT2D eigenvalue weighted by Crippen LogP contribution is -2.40. The van der Waals surface area contributed by atoms with Crippen LogP contribution >= 0.6 is 0 Å². The summed E-state index contributed by atoms with van der Waals surface area (Å²) in [6.07, 6.45) is 6.70. The lowest BCUT2D eigenvalue weighted by Gasteiger charge is -2.29. The number of hydrogen-bond acceptors (Lipinski definition) is 3. The first kappa shape index (κ1) is 15.5. The average molecular weight is 278 g/mol. The van der Waals surface area contributed by atoms with Crippen LogP contribution in [0.5, 0.6) is 0 Å². The van der Waals surface area contributed by atoms with Crippen molar-refractivity contribution in [3.8, 4) is 0 Å². The largest absolute Gasteiger partial charge is 0.313 e. The van der Waals surface area contributed by atoms with Crippen LogP contribution in [0.4, 0.5) is 0 Å². The van der Waals surface area contributed by atoms with Gasteiger partial charge in [-0.05, 0) is 39.2 Å². The predicted molar refractivity (Wildman–Crippen MR) is 83.6 cm³/mol. The van der Waals surface area contributed by atoms with Crippen molar-refractivity contribution in [2.24, 2.45) is 5.92 Å². The molecule has 0 amide bonds. The van der Waals surface area contributed by atoms with Gasteiger partial charge in [-0.3, -0.25) is 9.58 Å². The van der Waals surface area contributed by atoms with Crippen molar-refractivity contribution in [2.75, 3.05) is 13.1 Å². The van der Waals surface area contributed by atoms with Crippen molar-refractivity contribution in [1.29, 1.82) is 0 Å². The smallest absolute Gasteiger partial charge is 0.0534 e. The molecule has 4 nitrogen and oxygen atoms in total. The second-order valence-electron chi connectivity index (χ2n) is 6.55. The summed E-state index contributed by atoms with van der Waals surface area (Å²) in [5, 5.41) is 8.10. The molecule has 0 aliphatic carbocycles. The van der Waals surface area contributed by atoms with E-state index in [1.54, 1.807) is 0 Å². The zero-order chi connectivity index (χ0) is 14.5. The fourth-order valence-corrected chi connectivity index (χ4v) is 3.05. The molecular weight excluding hydrogens is 248 g/mol. The minimum atomic E-state index is 0.626. The van der Waals surface area contributed by atoms with Gasteiger partial charge in [0.2, 0.25) is 0 Å². The van der Waals surface area contributed by atoms with Crippen molar-refractivity contribution < 1.29 is 0 Å². The van der Waals surface area contributed by atoms with Crippen LogP contribution in [0.15, 0.2) is 12.4 Å². The Bertz CT molecular complexity index is 399. The van der Waals surface area contributed by atoms with Crippen molar-refractivity contribution in [1.82, 2.24) is 20.0 Å². The van der Waals surface area contributed by atoms with E-state index in [1.165, 1.54) is 18.4 Å². The summed E-state index contributed by atoms with van der Waals surface area (Å²) in [5.41, 5.74) is 1.34. The zero-order valence-electron chi connectivity index (χ0n) is 13.5. The van der Waals surface area contributed by atoms with E-state index in [9.17, 15) is 0 Å². The van der Waals surface area contributed by atoms with E-state index in [2.05, 4.69) is 49.2 Å². The van der Waals surface area contributed by atoms with Crippen LogP contribution in [-0.4, -0.2) is 39.9 Å². The van der Waals surface area contributed by atoms with Crippen LogP contribution < -0.4 is 5.32 Å². The van der Waals surface area contributed by atoms with Gasteiger partial charge in [0.15, 0.2) is 0 Å². The minimum Gasteiger partial charge on any atom is -0.313 e. The minimum absolute atomic E-state index is 0.626. The van der Waals surface area contributed by atoms with Crippen molar-refractivity contribution in [3.63, 3.8) is 0 Å². The molecule has 114 valence electrons. The Morgan fingerprint density at radius 1 is 1.45 bits per heavy atom. The van der Waals surface area contributed by atoms with Crippen LogP contribution in [0, 0.1) is 5.92 Å². The Balaban J connectivity index is 1.98. The lowest BCUT2D eigenvalue weighted by molar-refractivity contribution is 0.189. The molecule has 2 atom stereocenters. The zero-order valence-corrected chi connectivity index (χ0v) is 13.5. The van der Waals surface area contributed by atoms with Gasteiger partial charge >= 0.3 is 0 Å². The number of nitrogens with one attached hydrogen (secondary N) is 1. The van der Waals surface area contributed by atoms with E-state index in [1.807, 2.05) is 10.9 Å². The van der Waals surface area contributed by atoms with Gasteiger partial charge in [-0.15, -0.1) is 0 Å². The highest BCUT2D eigenvalue weighted by molar-refractivity contribution is 5.04. The van der Waals surface area contributed by atoms with Gasteiger partial charge in [-0.1, -0.05) is 13.8 Å². The normalized spacial score (nSPS) is 25.1. The SMILES string of the molecule is CCn1cc(CN2CC(CC(C)C)NCCC2C)cn1. The monoisotopic (exact) mass is 278 g/mol. The summed E-state index contributed by atoms with van der Waals surface area (Å²) in [6, 6.07) is 1.27. The Morgan fingerprint density at radius 2 is 2.25 bits per heavy atom. The number of nitrogens with zero attached hydrogens (tertiary/aromatic N) is 3. The van der Waals surface area contributed by atoms with Gasteiger partial charge in [0.05, 0.1) is 6.20 Å². The molecule has 1 fully saturated rings. The van der Waals surface area contributed by atoms with Gasteiger partial charge in [0.25, 0.3) is 0 Å². The van der Waals surface area contributed by atoms with Crippen LogP contribution in [0.1, 0.15) is 46.1 Å². The molecule has 0 saturated carbocycles. The van der Waals surface area contributed by atoms with Gasteiger partial charge in [-0.2, -0.15) is 5.10 Å². The Hall–Kier alpha value is -0.870. The molecule has 1 aliphatic heterocycles. The maximum Gasteiger partial charge on any atom is 0.0534 e. The summed E-state index contributed by atoms with van der Waals surface area (Å²) >= 11 is 0. The second kappa shape index (κ2) is 7.23. The summed E-state index contributed by atoms with van der Waals surface area (Å²) < 4.78 is 2.02. The highest BCUT2D eigenvalue weighted by atomic mass is 15.3. The van der Waals surface area contributed by atoms with Gasteiger partial charge < -0.3 is 5.32 Å². The number of aryl methyl sites for hydroxylation is 1. The lowest BCUT2D eigenvalue weighted by atomic mass is 10.0. The Kier molecular flexibility index (Phi) is 5.61. The first-order valence-corrected chi connectivity index (χ1v) is 8.07. The van der Waals surface area contributed by atoms with E-state index in [-0.39, 0.29) is 0 Å². The number of hydrogen-bond donors (Lipinski definition) is 1.